The molecule has 0 aliphatic carbocycles. The topological polar surface area (TPSA) is 37.4 Å². The van der Waals surface area contributed by atoms with Crippen LogP contribution in [-0.4, -0.2) is 31.3 Å². The number of nitrogens with zero attached hydrogens (tertiary/aromatic N) is 2. The molecule has 0 atom stereocenters. The maximum atomic E-state index is 14.4. The molecule has 1 aromatic carbocycles. The van der Waals surface area contributed by atoms with E-state index < -0.39 is 17.6 Å². The minimum atomic E-state index is -0.874. The number of hydrogen-bond donors (Lipinski definition) is 1. The molecule has 0 spiro atoms. The summed E-state index contributed by atoms with van der Waals surface area (Å²) in [7, 11) is 1.58. The van der Waals surface area contributed by atoms with Crippen LogP contribution in [0.3, 0.4) is 0 Å². The Labute approximate surface area is 146 Å². The molecular formula is C15H13ClF3N3OS. The number of hydrogen-bond acceptors (Lipinski definition) is 5. The van der Waals surface area contributed by atoms with Crippen molar-refractivity contribution in [2.45, 2.75) is 11.0 Å². The van der Waals surface area contributed by atoms with Crippen LogP contribution < -0.4 is 9.62 Å². The highest BCUT2D eigenvalue weighted by Gasteiger charge is 2.30. The third-order valence-electron chi connectivity index (χ3n) is 3.59. The van der Waals surface area contributed by atoms with E-state index >= 15 is 0 Å². The molecule has 3 rings (SSSR count). The summed E-state index contributed by atoms with van der Waals surface area (Å²) < 4.78 is 49.4. The molecule has 1 saturated heterocycles. The first-order valence-electron chi connectivity index (χ1n) is 7.00. The van der Waals surface area contributed by atoms with E-state index in [4.69, 9.17) is 16.3 Å². The average molecular weight is 376 g/mol. The van der Waals surface area contributed by atoms with E-state index in [0.29, 0.717) is 25.0 Å². The lowest BCUT2D eigenvalue weighted by Gasteiger charge is -2.40. The van der Waals surface area contributed by atoms with Crippen molar-refractivity contribution in [1.29, 1.82) is 0 Å². The fourth-order valence-corrected chi connectivity index (χ4v) is 3.23. The van der Waals surface area contributed by atoms with Crippen LogP contribution in [0.4, 0.5) is 24.7 Å². The van der Waals surface area contributed by atoms with Gasteiger partial charge >= 0.3 is 0 Å². The zero-order chi connectivity index (χ0) is 17.3. The molecular weight excluding hydrogens is 363 g/mol. The molecule has 24 heavy (non-hydrogen) atoms. The zero-order valence-electron chi connectivity index (χ0n) is 12.5. The summed E-state index contributed by atoms with van der Waals surface area (Å²) in [6, 6.07) is 5.26. The summed E-state index contributed by atoms with van der Waals surface area (Å²) in [6.07, 6.45) is 0.0296. The van der Waals surface area contributed by atoms with Crippen LogP contribution >= 0.6 is 23.5 Å². The van der Waals surface area contributed by atoms with Crippen LogP contribution in [0.5, 0.6) is 0 Å². The SMILES string of the molecule is COC1CN(c2cc(F)c(SNc3cccc(F)n3)c(F)c2Cl)C1. The number of nitrogens with one attached hydrogen (secondary N) is 1. The van der Waals surface area contributed by atoms with Gasteiger partial charge in [-0.3, -0.25) is 0 Å². The van der Waals surface area contributed by atoms with Gasteiger partial charge in [-0.2, -0.15) is 4.39 Å². The van der Waals surface area contributed by atoms with Gasteiger partial charge in [0.2, 0.25) is 5.95 Å². The summed E-state index contributed by atoms with van der Waals surface area (Å²) in [5.74, 6) is -2.19. The van der Waals surface area contributed by atoms with Crippen molar-refractivity contribution in [3.63, 3.8) is 0 Å². The minimum Gasteiger partial charge on any atom is -0.378 e. The normalized spacial score (nSPS) is 14.6. The molecule has 0 unspecified atom stereocenters. The van der Waals surface area contributed by atoms with Gasteiger partial charge in [-0.25, -0.2) is 13.8 Å². The molecule has 1 aliphatic heterocycles. The van der Waals surface area contributed by atoms with Gasteiger partial charge < -0.3 is 14.4 Å². The van der Waals surface area contributed by atoms with Gasteiger partial charge in [0.05, 0.1) is 11.8 Å². The van der Waals surface area contributed by atoms with Crippen molar-refractivity contribution in [3.05, 3.63) is 46.9 Å². The highest BCUT2D eigenvalue weighted by molar-refractivity contribution is 8.00. The first kappa shape index (κ1) is 17.2. The van der Waals surface area contributed by atoms with Crippen molar-refractivity contribution in [3.8, 4) is 0 Å². The molecule has 4 nitrogen and oxygen atoms in total. The maximum absolute atomic E-state index is 14.4. The predicted molar refractivity (Wildman–Crippen MR) is 88.1 cm³/mol. The largest absolute Gasteiger partial charge is 0.378 e. The number of halogens is 4. The van der Waals surface area contributed by atoms with E-state index in [1.807, 2.05) is 0 Å². The summed E-state index contributed by atoms with van der Waals surface area (Å²) in [5.41, 5.74) is 0.285. The standard InChI is InChI=1S/C15H13ClF3N3OS/c1-23-8-6-22(7-8)10-5-9(17)15(14(19)13(10)16)24-21-12-4-2-3-11(18)20-12/h2-5,8H,6-7H2,1H3,(H,20,21). The molecule has 1 fully saturated rings. The van der Waals surface area contributed by atoms with Gasteiger partial charge in [0.25, 0.3) is 0 Å². The van der Waals surface area contributed by atoms with Crippen LogP contribution in [-0.2, 0) is 4.74 Å². The number of ether oxygens (including phenoxy) is 1. The molecule has 0 bridgehead atoms. The Morgan fingerprint density at radius 3 is 2.75 bits per heavy atom. The van der Waals surface area contributed by atoms with Crippen LogP contribution in [0.25, 0.3) is 0 Å². The molecule has 0 saturated carbocycles. The molecule has 2 aromatic rings. The Kier molecular flexibility index (Phi) is 5.07. The van der Waals surface area contributed by atoms with Crippen molar-refractivity contribution in [1.82, 2.24) is 4.98 Å². The Balaban J connectivity index is 1.78. The van der Waals surface area contributed by atoms with Crippen LogP contribution in [0.1, 0.15) is 0 Å². The average Bonchev–Trinajstić information content (AvgIpc) is 2.51. The Bertz CT molecular complexity index is 759. The number of benzene rings is 1. The van der Waals surface area contributed by atoms with Gasteiger partial charge in [-0.15, -0.1) is 0 Å². The molecule has 0 radical (unpaired) electrons. The molecule has 9 heteroatoms. The van der Waals surface area contributed by atoms with Gasteiger partial charge in [0, 0.05) is 26.3 Å². The highest BCUT2D eigenvalue weighted by atomic mass is 35.5. The molecule has 1 aliphatic rings. The highest BCUT2D eigenvalue weighted by Crippen LogP contribution is 2.38. The van der Waals surface area contributed by atoms with E-state index in [0.717, 1.165) is 0 Å². The van der Waals surface area contributed by atoms with Crippen LogP contribution in [0, 0.1) is 17.6 Å². The summed E-state index contributed by atoms with van der Waals surface area (Å²) >= 11 is 6.68. The first-order valence-corrected chi connectivity index (χ1v) is 8.19. The van der Waals surface area contributed by atoms with Crippen LogP contribution in [0.15, 0.2) is 29.2 Å². The molecule has 1 N–H and O–H groups in total. The van der Waals surface area contributed by atoms with Gasteiger partial charge in [-0.05, 0) is 24.1 Å². The van der Waals surface area contributed by atoms with E-state index in [2.05, 4.69) is 9.71 Å². The molecule has 1 aromatic heterocycles. The minimum absolute atomic E-state index is 0.0296. The molecule has 128 valence electrons. The van der Waals surface area contributed by atoms with E-state index in [9.17, 15) is 13.2 Å². The Morgan fingerprint density at radius 1 is 1.33 bits per heavy atom. The van der Waals surface area contributed by atoms with E-state index in [-0.39, 0.29) is 27.5 Å². The van der Waals surface area contributed by atoms with Crippen LogP contribution in [0.2, 0.25) is 5.02 Å². The van der Waals surface area contributed by atoms with E-state index in [1.54, 1.807) is 12.0 Å². The lowest BCUT2D eigenvalue weighted by molar-refractivity contribution is 0.0787. The fraction of sp³-hybridized carbons (Fsp3) is 0.267. The molecule has 2 heterocycles. The summed E-state index contributed by atoms with van der Waals surface area (Å²) in [5, 5.41) is -0.164. The fourth-order valence-electron chi connectivity index (χ4n) is 2.24. The number of aromatic nitrogens is 1. The van der Waals surface area contributed by atoms with Gasteiger partial charge in [-0.1, -0.05) is 17.7 Å². The second-order valence-corrected chi connectivity index (χ2v) is 6.34. The van der Waals surface area contributed by atoms with E-state index in [1.165, 1.54) is 24.3 Å². The summed E-state index contributed by atoms with van der Waals surface area (Å²) in [4.78, 5) is 4.99. The second kappa shape index (κ2) is 7.08. The monoisotopic (exact) mass is 375 g/mol. The van der Waals surface area contributed by atoms with Crippen molar-refractivity contribution < 1.29 is 17.9 Å². The third kappa shape index (κ3) is 3.40. The number of anilines is 2. The zero-order valence-corrected chi connectivity index (χ0v) is 14.1. The first-order chi connectivity index (χ1) is 11.5. The molecule has 0 amide bonds. The third-order valence-corrected chi connectivity index (χ3v) is 4.84. The van der Waals surface area contributed by atoms with Gasteiger partial charge in [0.15, 0.2) is 5.82 Å². The quantitative estimate of drug-likeness (QED) is 0.483. The Morgan fingerprint density at radius 2 is 2.08 bits per heavy atom. The number of methoxy groups -OCH3 is 1. The van der Waals surface area contributed by atoms with Crippen molar-refractivity contribution >= 4 is 35.1 Å². The number of rotatable bonds is 5. The van der Waals surface area contributed by atoms with Crippen molar-refractivity contribution in [2.24, 2.45) is 0 Å². The van der Waals surface area contributed by atoms with Gasteiger partial charge in [0.1, 0.15) is 21.6 Å². The Hall–Kier alpha value is -1.64. The predicted octanol–water partition coefficient (Wildman–Crippen LogP) is 4.11. The second-order valence-electron chi connectivity index (χ2n) is 5.15. The maximum Gasteiger partial charge on any atom is 0.214 e. The smallest absolute Gasteiger partial charge is 0.214 e. The van der Waals surface area contributed by atoms with Crippen molar-refractivity contribution in [2.75, 3.05) is 29.8 Å². The summed E-state index contributed by atoms with van der Waals surface area (Å²) in [6.45, 7) is 1.04. The number of pyridine rings is 1. The lowest BCUT2D eigenvalue weighted by atomic mass is 10.1. The lowest BCUT2D eigenvalue weighted by Crippen LogP contribution is -2.52.